The van der Waals surface area contributed by atoms with Crippen LogP contribution in [-0.4, -0.2) is 12.8 Å². The Balaban J connectivity index is 1.71. The van der Waals surface area contributed by atoms with Gasteiger partial charge in [-0.15, -0.1) is 0 Å². The summed E-state index contributed by atoms with van der Waals surface area (Å²) in [6.45, 7) is 3.08. The van der Waals surface area contributed by atoms with Crippen LogP contribution < -0.4 is 14.9 Å². The van der Waals surface area contributed by atoms with E-state index in [9.17, 15) is 0 Å². The van der Waals surface area contributed by atoms with Gasteiger partial charge in [-0.3, -0.25) is 0 Å². The van der Waals surface area contributed by atoms with Crippen LogP contribution in [0.1, 0.15) is 23.6 Å². The lowest BCUT2D eigenvalue weighted by Gasteiger charge is -2.15. The minimum atomic E-state index is 0.225. The maximum atomic E-state index is 6.47. The van der Waals surface area contributed by atoms with Gasteiger partial charge >= 0.3 is 0 Å². The second-order valence-electron chi connectivity index (χ2n) is 6.47. The van der Waals surface area contributed by atoms with Crippen molar-refractivity contribution in [3.8, 4) is 11.5 Å². The standard InChI is InChI=1S/C23H20Cl4N2O2/c1-2-30-22-10-15(12-28-29-13-16-5-3-4-6-19(16)25)9-21(27)23(22)31-14-17-7-8-18(24)11-20(17)26/h3-12,29H,2,13-14H2,1H3/b28-12-. The van der Waals surface area contributed by atoms with E-state index in [4.69, 9.17) is 55.9 Å². The zero-order valence-corrected chi connectivity index (χ0v) is 19.7. The Morgan fingerprint density at radius 3 is 2.42 bits per heavy atom. The fraction of sp³-hybridized carbons (Fsp3) is 0.174. The zero-order chi connectivity index (χ0) is 22.2. The number of rotatable bonds is 9. The van der Waals surface area contributed by atoms with E-state index in [1.54, 1.807) is 24.4 Å². The Morgan fingerprint density at radius 1 is 0.871 bits per heavy atom. The van der Waals surface area contributed by atoms with Gasteiger partial charge in [-0.05, 0) is 48.4 Å². The van der Waals surface area contributed by atoms with Gasteiger partial charge in [0.1, 0.15) is 6.61 Å². The summed E-state index contributed by atoms with van der Waals surface area (Å²) in [7, 11) is 0. The molecule has 1 N–H and O–H groups in total. The van der Waals surface area contributed by atoms with Crippen LogP contribution in [-0.2, 0) is 13.2 Å². The lowest BCUT2D eigenvalue weighted by Crippen LogP contribution is -2.06. The molecule has 0 spiro atoms. The molecular weight excluding hydrogens is 478 g/mol. The molecule has 3 aromatic carbocycles. The largest absolute Gasteiger partial charge is 0.490 e. The molecule has 0 aliphatic rings. The van der Waals surface area contributed by atoms with Crippen molar-refractivity contribution in [3.63, 3.8) is 0 Å². The fourth-order valence-electron chi connectivity index (χ4n) is 2.75. The number of nitrogens with zero attached hydrogens (tertiary/aromatic N) is 1. The van der Waals surface area contributed by atoms with Crippen LogP contribution in [0.4, 0.5) is 0 Å². The summed E-state index contributed by atoms with van der Waals surface area (Å²) in [5, 5.41) is 6.43. The Morgan fingerprint density at radius 2 is 1.68 bits per heavy atom. The molecule has 0 aliphatic carbocycles. The number of hydrogen-bond acceptors (Lipinski definition) is 4. The number of hydrogen-bond donors (Lipinski definition) is 1. The van der Waals surface area contributed by atoms with Crippen LogP contribution in [0.15, 0.2) is 59.7 Å². The monoisotopic (exact) mass is 496 g/mol. The molecule has 0 heterocycles. The summed E-state index contributed by atoms with van der Waals surface area (Å²) in [6.07, 6.45) is 1.66. The molecule has 3 rings (SSSR count). The Labute approximate surface area is 201 Å². The van der Waals surface area contributed by atoms with Crippen molar-refractivity contribution in [1.82, 2.24) is 5.43 Å². The van der Waals surface area contributed by atoms with Gasteiger partial charge in [0.15, 0.2) is 11.5 Å². The summed E-state index contributed by atoms with van der Waals surface area (Å²) in [5.74, 6) is 0.961. The molecule has 0 unspecified atom stereocenters. The van der Waals surface area contributed by atoms with E-state index in [-0.39, 0.29) is 6.61 Å². The maximum absolute atomic E-state index is 6.47. The smallest absolute Gasteiger partial charge is 0.180 e. The van der Waals surface area contributed by atoms with Crippen LogP contribution in [0.2, 0.25) is 20.1 Å². The van der Waals surface area contributed by atoms with E-state index < -0.39 is 0 Å². The Hall–Kier alpha value is -2.11. The molecule has 0 atom stereocenters. The summed E-state index contributed by atoms with van der Waals surface area (Å²) >= 11 is 24.8. The molecule has 0 saturated carbocycles. The molecule has 0 aliphatic heterocycles. The maximum Gasteiger partial charge on any atom is 0.180 e. The minimum Gasteiger partial charge on any atom is -0.490 e. The molecule has 162 valence electrons. The highest BCUT2D eigenvalue weighted by Crippen LogP contribution is 2.37. The van der Waals surface area contributed by atoms with Gasteiger partial charge in [0.2, 0.25) is 0 Å². The van der Waals surface area contributed by atoms with Crippen LogP contribution in [0.3, 0.4) is 0 Å². The number of hydrazone groups is 1. The molecule has 0 radical (unpaired) electrons. The van der Waals surface area contributed by atoms with E-state index in [0.29, 0.717) is 44.7 Å². The lowest BCUT2D eigenvalue weighted by atomic mass is 10.2. The van der Waals surface area contributed by atoms with E-state index in [2.05, 4.69) is 10.5 Å². The molecule has 0 fully saturated rings. The minimum absolute atomic E-state index is 0.225. The first kappa shape index (κ1) is 23.6. The molecule has 3 aromatic rings. The first-order valence-electron chi connectivity index (χ1n) is 9.50. The van der Waals surface area contributed by atoms with Crippen LogP contribution >= 0.6 is 46.4 Å². The SMILES string of the molecule is CCOc1cc(/C=N\NCc2ccccc2Cl)cc(Cl)c1OCc1ccc(Cl)cc1Cl. The average Bonchev–Trinajstić information content (AvgIpc) is 2.73. The topological polar surface area (TPSA) is 42.8 Å². The normalized spacial score (nSPS) is 11.0. The second kappa shape index (κ2) is 11.5. The molecule has 4 nitrogen and oxygen atoms in total. The van der Waals surface area contributed by atoms with E-state index >= 15 is 0 Å². The molecule has 0 bridgehead atoms. The molecule has 31 heavy (non-hydrogen) atoms. The van der Waals surface area contributed by atoms with Crippen LogP contribution in [0.5, 0.6) is 11.5 Å². The summed E-state index contributed by atoms with van der Waals surface area (Å²) in [6, 6.07) is 16.4. The van der Waals surface area contributed by atoms with Crippen molar-refractivity contribution in [2.75, 3.05) is 6.61 Å². The van der Waals surface area contributed by atoms with Crippen molar-refractivity contribution in [1.29, 1.82) is 0 Å². The van der Waals surface area contributed by atoms with Gasteiger partial charge in [0.25, 0.3) is 0 Å². The number of benzene rings is 3. The van der Waals surface area contributed by atoms with Gasteiger partial charge < -0.3 is 14.9 Å². The Bertz CT molecular complexity index is 1070. The third kappa shape index (κ3) is 6.68. The summed E-state index contributed by atoms with van der Waals surface area (Å²) in [4.78, 5) is 0. The highest BCUT2D eigenvalue weighted by Gasteiger charge is 2.13. The summed E-state index contributed by atoms with van der Waals surface area (Å²) < 4.78 is 11.6. The first-order chi connectivity index (χ1) is 15.0. The molecule has 8 heteroatoms. The van der Waals surface area contributed by atoms with Crippen molar-refractivity contribution < 1.29 is 9.47 Å². The fourth-order valence-corrected chi connectivity index (χ4v) is 3.69. The van der Waals surface area contributed by atoms with Gasteiger partial charge in [-0.25, -0.2) is 0 Å². The molecule has 0 aromatic heterocycles. The van der Waals surface area contributed by atoms with E-state index in [1.807, 2.05) is 43.3 Å². The van der Waals surface area contributed by atoms with Crippen molar-refractivity contribution >= 4 is 52.6 Å². The highest BCUT2D eigenvalue weighted by atomic mass is 35.5. The summed E-state index contributed by atoms with van der Waals surface area (Å²) in [5.41, 5.74) is 5.49. The first-order valence-corrected chi connectivity index (χ1v) is 11.0. The van der Waals surface area contributed by atoms with Crippen molar-refractivity contribution in [2.24, 2.45) is 5.10 Å². The molecule has 0 amide bonds. The van der Waals surface area contributed by atoms with Gasteiger partial charge in [0.05, 0.1) is 24.4 Å². The Kier molecular flexibility index (Phi) is 8.73. The predicted molar refractivity (Wildman–Crippen MR) is 129 cm³/mol. The second-order valence-corrected chi connectivity index (χ2v) is 8.13. The zero-order valence-electron chi connectivity index (χ0n) is 16.7. The highest BCUT2D eigenvalue weighted by molar-refractivity contribution is 6.35. The van der Waals surface area contributed by atoms with Crippen molar-refractivity contribution in [3.05, 3.63) is 91.4 Å². The van der Waals surface area contributed by atoms with Gasteiger partial charge in [-0.2, -0.15) is 5.10 Å². The third-order valence-electron chi connectivity index (χ3n) is 4.25. The molecular formula is C23H20Cl4N2O2. The van der Waals surface area contributed by atoms with E-state index in [1.165, 1.54) is 0 Å². The number of ether oxygens (including phenoxy) is 2. The average molecular weight is 498 g/mol. The van der Waals surface area contributed by atoms with Gasteiger partial charge in [-0.1, -0.05) is 70.7 Å². The third-order valence-corrected chi connectivity index (χ3v) is 5.49. The van der Waals surface area contributed by atoms with Crippen LogP contribution in [0.25, 0.3) is 0 Å². The number of nitrogens with one attached hydrogen (secondary N) is 1. The van der Waals surface area contributed by atoms with E-state index in [0.717, 1.165) is 16.7 Å². The quantitative estimate of drug-likeness (QED) is 0.247. The van der Waals surface area contributed by atoms with Crippen LogP contribution in [0, 0.1) is 0 Å². The van der Waals surface area contributed by atoms with Gasteiger partial charge in [0, 0.05) is 20.6 Å². The molecule has 0 saturated heterocycles. The number of halogens is 4. The van der Waals surface area contributed by atoms with Crippen molar-refractivity contribution in [2.45, 2.75) is 20.1 Å². The predicted octanol–water partition coefficient (Wildman–Crippen LogP) is 7.40. The lowest BCUT2D eigenvalue weighted by molar-refractivity contribution is 0.269.